The summed E-state index contributed by atoms with van der Waals surface area (Å²) in [6, 6.07) is 11.0. The van der Waals surface area contributed by atoms with Crippen LogP contribution in [0.2, 0.25) is 5.02 Å². The van der Waals surface area contributed by atoms with Gasteiger partial charge in [0.2, 0.25) is 5.88 Å². The summed E-state index contributed by atoms with van der Waals surface area (Å²) in [5.41, 5.74) is 1.28. The number of pyridine rings is 1. The molecule has 0 spiro atoms. The quantitative estimate of drug-likeness (QED) is 0.660. The van der Waals surface area contributed by atoms with Crippen molar-refractivity contribution >= 4 is 17.5 Å². The monoisotopic (exact) mass is 409 g/mol. The van der Waals surface area contributed by atoms with Gasteiger partial charge in [-0.05, 0) is 43.4 Å². The molecule has 148 valence electrons. The first-order valence-corrected chi connectivity index (χ1v) is 10.1. The number of hydrogen-bond donors (Lipinski definition) is 0. The Bertz CT molecular complexity index is 1010. The van der Waals surface area contributed by atoms with E-state index in [4.69, 9.17) is 16.3 Å². The molecule has 3 fully saturated rings. The molecule has 1 aliphatic carbocycles. The molecule has 2 aromatic heterocycles. The van der Waals surface area contributed by atoms with Crippen molar-refractivity contribution in [3.63, 3.8) is 0 Å². The lowest BCUT2D eigenvalue weighted by Gasteiger charge is -2.49. The zero-order valence-corrected chi connectivity index (χ0v) is 16.4. The first-order valence-electron chi connectivity index (χ1n) is 9.74. The van der Waals surface area contributed by atoms with Gasteiger partial charge in [-0.25, -0.2) is 4.98 Å². The van der Waals surface area contributed by atoms with Gasteiger partial charge in [0.25, 0.3) is 5.91 Å². The highest BCUT2D eigenvalue weighted by Crippen LogP contribution is 2.38. The van der Waals surface area contributed by atoms with Crippen LogP contribution < -0.4 is 4.74 Å². The third-order valence-electron chi connectivity index (χ3n) is 5.72. The number of ether oxygens (including phenoxy) is 1. The molecule has 3 atom stereocenters. The van der Waals surface area contributed by atoms with E-state index in [1.807, 2.05) is 29.2 Å². The fourth-order valence-corrected chi connectivity index (χ4v) is 4.51. The lowest BCUT2D eigenvalue weighted by atomic mass is 9.77. The molecule has 4 heterocycles. The van der Waals surface area contributed by atoms with Crippen molar-refractivity contribution in [1.29, 1.82) is 0 Å². The summed E-state index contributed by atoms with van der Waals surface area (Å²) in [6.07, 6.45) is 7.69. The molecule has 0 radical (unpaired) electrons. The maximum absolute atomic E-state index is 13.5. The minimum atomic E-state index is -0.0740. The minimum Gasteiger partial charge on any atom is -0.472 e. The second kappa shape index (κ2) is 7.48. The SMILES string of the molecule is O=C(c1ccccc1-n1nccn1)N1CC2CCC1C(Oc1ccc(Cl)cn1)C2. The van der Waals surface area contributed by atoms with Crippen LogP contribution in [0.25, 0.3) is 5.69 Å². The molecule has 1 amide bonds. The van der Waals surface area contributed by atoms with Gasteiger partial charge in [0.15, 0.2) is 0 Å². The third kappa shape index (κ3) is 3.46. The van der Waals surface area contributed by atoms with E-state index >= 15 is 0 Å². The van der Waals surface area contributed by atoms with Gasteiger partial charge in [0, 0.05) is 18.8 Å². The highest BCUT2D eigenvalue weighted by molar-refractivity contribution is 6.30. The summed E-state index contributed by atoms with van der Waals surface area (Å²) in [5.74, 6) is 0.960. The average molecular weight is 410 g/mol. The van der Waals surface area contributed by atoms with Gasteiger partial charge in [-0.2, -0.15) is 15.0 Å². The lowest BCUT2D eigenvalue weighted by Crippen LogP contribution is -2.59. The van der Waals surface area contributed by atoms with Crippen molar-refractivity contribution in [2.45, 2.75) is 31.4 Å². The molecule has 0 N–H and O–H groups in total. The molecule has 3 unspecified atom stereocenters. The second-order valence-electron chi connectivity index (χ2n) is 7.51. The number of nitrogens with zero attached hydrogens (tertiary/aromatic N) is 5. The Kier molecular flexibility index (Phi) is 4.67. The van der Waals surface area contributed by atoms with Crippen LogP contribution in [0, 0.1) is 5.92 Å². The number of carbonyl (C=O) groups is 1. The predicted molar refractivity (Wildman–Crippen MR) is 107 cm³/mol. The second-order valence-corrected chi connectivity index (χ2v) is 7.95. The third-order valence-corrected chi connectivity index (χ3v) is 5.95. The summed E-state index contributed by atoms with van der Waals surface area (Å²) < 4.78 is 6.17. The maximum atomic E-state index is 13.5. The molecular weight excluding hydrogens is 390 g/mol. The standard InChI is InChI=1S/C21H20ClN5O2/c22-15-6-8-20(23-12-15)29-19-11-14-5-7-18(19)26(13-14)21(28)16-3-1-2-4-17(16)27-24-9-10-25-27/h1-4,6,8-10,12,14,18-19H,5,7,11,13H2. The van der Waals surface area contributed by atoms with E-state index in [9.17, 15) is 4.79 Å². The minimum absolute atomic E-state index is 0.00929. The molecule has 8 heteroatoms. The van der Waals surface area contributed by atoms with Crippen LogP contribution in [-0.2, 0) is 0 Å². The highest BCUT2D eigenvalue weighted by atomic mass is 35.5. The lowest BCUT2D eigenvalue weighted by molar-refractivity contribution is -0.0313. The van der Waals surface area contributed by atoms with Gasteiger partial charge in [-0.3, -0.25) is 4.79 Å². The number of aromatic nitrogens is 4. The molecule has 7 nitrogen and oxygen atoms in total. The van der Waals surface area contributed by atoms with Crippen LogP contribution in [0.15, 0.2) is 55.0 Å². The first kappa shape index (κ1) is 18.1. The Hall–Kier alpha value is -2.93. The average Bonchev–Trinajstić information content (AvgIpc) is 3.30. The molecule has 2 aliphatic heterocycles. The molecule has 3 aliphatic rings. The van der Waals surface area contributed by atoms with E-state index in [0.29, 0.717) is 28.1 Å². The number of para-hydroxylation sites is 1. The summed E-state index contributed by atoms with van der Waals surface area (Å²) in [6.45, 7) is 0.748. The van der Waals surface area contributed by atoms with Gasteiger partial charge in [-0.1, -0.05) is 23.7 Å². The number of rotatable bonds is 4. The number of hydrogen-bond acceptors (Lipinski definition) is 5. The number of piperidine rings is 2. The smallest absolute Gasteiger partial charge is 0.256 e. The largest absolute Gasteiger partial charge is 0.472 e. The van der Waals surface area contributed by atoms with Crippen LogP contribution in [0.1, 0.15) is 29.6 Å². The number of halogens is 1. The van der Waals surface area contributed by atoms with E-state index in [0.717, 1.165) is 25.8 Å². The van der Waals surface area contributed by atoms with E-state index in [1.54, 1.807) is 30.7 Å². The van der Waals surface area contributed by atoms with E-state index in [-0.39, 0.29) is 18.1 Å². The van der Waals surface area contributed by atoms with Crippen molar-refractivity contribution in [2.24, 2.45) is 5.92 Å². The molecule has 29 heavy (non-hydrogen) atoms. The first-order chi connectivity index (χ1) is 14.2. The van der Waals surface area contributed by atoms with Crippen LogP contribution in [0.3, 0.4) is 0 Å². The molecule has 1 aromatic carbocycles. The Morgan fingerprint density at radius 3 is 2.69 bits per heavy atom. The Balaban J connectivity index is 1.41. The van der Waals surface area contributed by atoms with Crippen molar-refractivity contribution < 1.29 is 9.53 Å². The topological polar surface area (TPSA) is 73.1 Å². The Labute approximate surface area is 173 Å². The normalized spacial score (nSPS) is 23.2. The molecule has 2 saturated heterocycles. The van der Waals surface area contributed by atoms with Gasteiger partial charge < -0.3 is 9.64 Å². The van der Waals surface area contributed by atoms with Crippen LogP contribution in [0.5, 0.6) is 5.88 Å². The summed E-state index contributed by atoms with van der Waals surface area (Å²) >= 11 is 5.92. The number of amides is 1. The Morgan fingerprint density at radius 1 is 1.10 bits per heavy atom. The maximum Gasteiger partial charge on any atom is 0.256 e. The van der Waals surface area contributed by atoms with Gasteiger partial charge in [-0.15, -0.1) is 0 Å². The van der Waals surface area contributed by atoms with Gasteiger partial charge in [0.05, 0.1) is 34.7 Å². The molecular formula is C21H20ClN5O2. The number of benzene rings is 1. The number of carbonyl (C=O) groups excluding carboxylic acids is 1. The molecule has 3 aromatic rings. The van der Waals surface area contributed by atoms with Crippen molar-refractivity contribution in [2.75, 3.05) is 6.54 Å². The van der Waals surface area contributed by atoms with Crippen molar-refractivity contribution in [3.8, 4) is 11.6 Å². The summed E-state index contributed by atoms with van der Waals surface area (Å²) in [5, 5.41) is 8.96. The van der Waals surface area contributed by atoms with E-state index < -0.39 is 0 Å². The van der Waals surface area contributed by atoms with Crippen molar-refractivity contribution in [1.82, 2.24) is 24.9 Å². The molecule has 2 bridgehead atoms. The fraction of sp³-hybridized carbons (Fsp3) is 0.333. The van der Waals surface area contributed by atoms with Crippen molar-refractivity contribution in [3.05, 3.63) is 65.6 Å². The molecule has 6 rings (SSSR count). The van der Waals surface area contributed by atoms with Gasteiger partial charge >= 0.3 is 0 Å². The molecule has 1 saturated carbocycles. The van der Waals surface area contributed by atoms with E-state index in [1.165, 1.54) is 4.80 Å². The van der Waals surface area contributed by atoms with Crippen LogP contribution in [-0.4, -0.2) is 49.5 Å². The summed E-state index contributed by atoms with van der Waals surface area (Å²) in [7, 11) is 0. The van der Waals surface area contributed by atoms with Crippen LogP contribution in [0.4, 0.5) is 0 Å². The number of fused-ring (bicyclic) bond motifs is 3. The van der Waals surface area contributed by atoms with Crippen LogP contribution >= 0.6 is 11.6 Å². The Morgan fingerprint density at radius 2 is 1.93 bits per heavy atom. The summed E-state index contributed by atoms with van der Waals surface area (Å²) in [4.78, 5) is 21.2. The van der Waals surface area contributed by atoms with Gasteiger partial charge in [0.1, 0.15) is 6.10 Å². The van der Waals surface area contributed by atoms with E-state index in [2.05, 4.69) is 15.2 Å². The zero-order valence-electron chi connectivity index (χ0n) is 15.7. The zero-order chi connectivity index (χ0) is 19.8. The highest BCUT2D eigenvalue weighted by Gasteiger charge is 2.44. The fourth-order valence-electron chi connectivity index (χ4n) is 4.40. The predicted octanol–water partition coefficient (Wildman–Crippen LogP) is 3.39.